The molecule has 0 radical (unpaired) electrons. The normalized spacial score (nSPS) is 13.4. The van der Waals surface area contributed by atoms with Gasteiger partial charge in [-0.05, 0) is 35.7 Å². The fourth-order valence-electron chi connectivity index (χ4n) is 3.60. The van der Waals surface area contributed by atoms with Gasteiger partial charge in [0.2, 0.25) is 0 Å². The summed E-state index contributed by atoms with van der Waals surface area (Å²) in [5, 5.41) is 20.6. The molecule has 24 heavy (non-hydrogen) atoms. The molecule has 1 atom stereocenters. The third-order valence-corrected chi connectivity index (χ3v) is 4.59. The molecular weight excluding hydrogens is 296 g/mol. The van der Waals surface area contributed by atoms with Gasteiger partial charge in [-0.2, -0.15) is 0 Å². The number of hydrogen-bond donors (Lipinski definition) is 2. The van der Waals surface area contributed by atoms with Crippen molar-refractivity contribution in [3.05, 3.63) is 95.6 Å². The van der Waals surface area contributed by atoms with Gasteiger partial charge in [0.25, 0.3) is 0 Å². The quantitative estimate of drug-likeness (QED) is 0.632. The van der Waals surface area contributed by atoms with Crippen LogP contribution in [0.5, 0.6) is 11.5 Å². The molecule has 3 rings (SSSR count). The molecule has 1 unspecified atom stereocenters. The van der Waals surface area contributed by atoms with Crippen LogP contribution in [0, 0.1) is 0 Å². The highest BCUT2D eigenvalue weighted by atomic mass is 16.3. The number of hydrogen-bond acceptors (Lipinski definition) is 2. The second-order valence-electron chi connectivity index (χ2n) is 6.09. The van der Waals surface area contributed by atoms with Crippen LogP contribution in [-0.4, -0.2) is 10.2 Å². The van der Waals surface area contributed by atoms with Gasteiger partial charge in [-0.25, -0.2) is 0 Å². The van der Waals surface area contributed by atoms with Gasteiger partial charge in [-0.3, -0.25) is 0 Å². The zero-order valence-corrected chi connectivity index (χ0v) is 13.8. The van der Waals surface area contributed by atoms with Gasteiger partial charge in [-0.15, -0.1) is 0 Å². The average Bonchev–Trinajstić information content (AvgIpc) is 2.61. The highest BCUT2D eigenvalue weighted by Gasteiger charge is 2.37. The van der Waals surface area contributed by atoms with Gasteiger partial charge in [0.05, 0.1) is 0 Å². The van der Waals surface area contributed by atoms with Gasteiger partial charge < -0.3 is 10.2 Å². The molecule has 2 N–H and O–H groups in total. The summed E-state index contributed by atoms with van der Waals surface area (Å²) in [5.41, 5.74) is 2.46. The number of benzene rings is 3. The summed E-state index contributed by atoms with van der Waals surface area (Å²) in [5.74, 6) is 0.512. The highest BCUT2D eigenvalue weighted by Crippen LogP contribution is 2.46. The lowest BCUT2D eigenvalue weighted by Crippen LogP contribution is -2.29. The smallest absolute Gasteiger partial charge is 0.120 e. The van der Waals surface area contributed by atoms with E-state index in [1.165, 1.54) is 0 Å². The van der Waals surface area contributed by atoms with E-state index in [0.29, 0.717) is 0 Å². The van der Waals surface area contributed by atoms with E-state index in [1.54, 1.807) is 18.2 Å². The van der Waals surface area contributed by atoms with Crippen molar-refractivity contribution in [1.82, 2.24) is 0 Å². The van der Waals surface area contributed by atoms with Crippen LogP contribution in [0.15, 0.2) is 78.9 Å². The van der Waals surface area contributed by atoms with E-state index in [4.69, 9.17) is 0 Å². The van der Waals surface area contributed by atoms with E-state index < -0.39 is 5.41 Å². The molecule has 122 valence electrons. The average molecular weight is 318 g/mol. The molecule has 0 aliphatic carbocycles. The standard InChI is InChI=1S/C22H22O2/c1-2-15-22(17-9-4-3-5-10-17,18-11-8-12-19(23)16-18)20-13-6-7-14-21(20)24/h3-14,16,23-24H,2,15H2,1H3. The molecule has 3 aromatic carbocycles. The van der Waals surface area contributed by atoms with Crippen LogP contribution < -0.4 is 0 Å². The summed E-state index contributed by atoms with van der Waals surface area (Å²) in [7, 11) is 0. The van der Waals surface area contributed by atoms with Crippen LogP contribution in [0.4, 0.5) is 0 Å². The van der Waals surface area contributed by atoms with Crippen molar-refractivity contribution in [3.63, 3.8) is 0 Å². The summed E-state index contributed by atoms with van der Waals surface area (Å²) < 4.78 is 0. The largest absolute Gasteiger partial charge is 0.508 e. The van der Waals surface area contributed by atoms with Crippen molar-refractivity contribution < 1.29 is 10.2 Å². The van der Waals surface area contributed by atoms with E-state index in [1.807, 2.05) is 48.5 Å². The fraction of sp³-hybridized carbons (Fsp3) is 0.182. The van der Waals surface area contributed by atoms with E-state index in [0.717, 1.165) is 29.5 Å². The van der Waals surface area contributed by atoms with Crippen LogP contribution in [-0.2, 0) is 5.41 Å². The fourth-order valence-corrected chi connectivity index (χ4v) is 3.60. The van der Waals surface area contributed by atoms with E-state index >= 15 is 0 Å². The Kier molecular flexibility index (Phi) is 4.57. The molecule has 0 heterocycles. The molecule has 0 saturated carbocycles. The SMILES string of the molecule is CCCC(c1ccccc1)(c1cccc(O)c1)c1ccccc1O. The Morgan fingerprint density at radius 1 is 0.750 bits per heavy atom. The number of para-hydroxylation sites is 1. The second kappa shape index (κ2) is 6.79. The Balaban J connectivity index is 2.36. The van der Waals surface area contributed by atoms with Crippen LogP contribution in [0.1, 0.15) is 36.5 Å². The van der Waals surface area contributed by atoms with Gasteiger partial charge in [0.15, 0.2) is 0 Å². The predicted molar refractivity (Wildman–Crippen MR) is 97.4 cm³/mol. The molecule has 0 spiro atoms. The predicted octanol–water partition coefficient (Wildman–Crippen LogP) is 5.23. The Labute approximate surface area is 143 Å². The first-order chi connectivity index (χ1) is 11.7. The minimum Gasteiger partial charge on any atom is -0.508 e. The summed E-state index contributed by atoms with van der Waals surface area (Å²) in [4.78, 5) is 0. The highest BCUT2D eigenvalue weighted by molar-refractivity contribution is 5.55. The Morgan fingerprint density at radius 2 is 1.42 bits per heavy atom. The Bertz CT molecular complexity index is 811. The minimum absolute atomic E-state index is 0.235. The maximum absolute atomic E-state index is 10.6. The first kappa shape index (κ1) is 16.1. The molecule has 2 heteroatoms. The van der Waals surface area contributed by atoms with Crippen LogP contribution in [0.3, 0.4) is 0 Å². The Hall–Kier alpha value is -2.74. The third kappa shape index (κ3) is 2.76. The van der Waals surface area contributed by atoms with E-state index in [-0.39, 0.29) is 11.5 Å². The molecule has 0 fully saturated rings. The van der Waals surface area contributed by atoms with Crippen molar-refractivity contribution in [2.75, 3.05) is 0 Å². The lowest BCUT2D eigenvalue weighted by molar-refractivity contribution is 0.441. The van der Waals surface area contributed by atoms with E-state index in [9.17, 15) is 10.2 Å². The molecule has 0 aliphatic rings. The molecule has 0 aromatic heterocycles. The summed E-state index contributed by atoms with van der Waals surface area (Å²) in [6, 6.07) is 25.1. The maximum Gasteiger partial charge on any atom is 0.120 e. The van der Waals surface area contributed by atoms with Gasteiger partial charge >= 0.3 is 0 Å². The molecular formula is C22H22O2. The van der Waals surface area contributed by atoms with Gasteiger partial charge in [0.1, 0.15) is 11.5 Å². The van der Waals surface area contributed by atoms with Gasteiger partial charge in [0, 0.05) is 11.0 Å². The monoisotopic (exact) mass is 318 g/mol. The Morgan fingerprint density at radius 3 is 2.08 bits per heavy atom. The molecule has 2 nitrogen and oxygen atoms in total. The van der Waals surface area contributed by atoms with E-state index in [2.05, 4.69) is 19.1 Å². The zero-order valence-electron chi connectivity index (χ0n) is 13.8. The first-order valence-corrected chi connectivity index (χ1v) is 8.32. The molecule has 0 amide bonds. The number of aromatic hydroxyl groups is 2. The third-order valence-electron chi connectivity index (χ3n) is 4.59. The van der Waals surface area contributed by atoms with Crippen molar-refractivity contribution in [3.8, 4) is 11.5 Å². The molecule has 0 aliphatic heterocycles. The van der Waals surface area contributed by atoms with Gasteiger partial charge in [-0.1, -0.05) is 74.0 Å². The van der Waals surface area contributed by atoms with Crippen LogP contribution in [0.2, 0.25) is 0 Å². The van der Waals surface area contributed by atoms with Crippen molar-refractivity contribution in [2.24, 2.45) is 0 Å². The lowest BCUT2D eigenvalue weighted by Gasteiger charge is -2.36. The molecule has 0 bridgehead atoms. The minimum atomic E-state index is -0.500. The number of rotatable bonds is 5. The number of phenols is 2. The lowest BCUT2D eigenvalue weighted by atomic mass is 9.66. The van der Waals surface area contributed by atoms with Crippen molar-refractivity contribution >= 4 is 0 Å². The topological polar surface area (TPSA) is 40.5 Å². The van der Waals surface area contributed by atoms with Crippen LogP contribution >= 0.6 is 0 Å². The maximum atomic E-state index is 10.6. The summed E-state index contributed by atoms with van der Waals surface area (Å²) in [6.07, 6.45) is 1.77. The first-order valence-electron chi connectivity index (χ1n) is 8.32. The summed E-state index contributed by atoms with van der Waals surface area (Å²) in [6.45, 7) is 2.14. The van der Waals surface area contributed by atoms with Crippen molar-refractivity contribution in [1.29, 1.82) is 0 Å². The molecule has 0 saturated heterocycles. The van der Waals surface area contributed by atoms with Crippen molar-refractivity contribution in [2.45, 2.75) is 25.2 Å². The second-order valence-corrected chi connectivity index (χ2v) is 6.09. The zero-order chi connectivity index (χ0) is 17.0. The van der Waals surface area contributed by atoms with Crippen LogP contribution in [0.25, 0.3) is 0 Å². The molecule has 3 aromatic rings. The number of phenolic OH excluding ortho intramolecular Hbond substituents is 2. The summed E-state index contributed by atoms with van der Waals surface area (Å²) >= 11 is 0.